The lowest BCUT2D eigenvalue weighted by molar-refractivity contribution is 0.297. The third-order valence-electron chi connectivity index (χ3n) is 2.73. The third kappa shape index (κ3) is 2.46. The zero-order valence-corrected chi connectivity index (χ0v) is 11.4. The first-order chi connectivity index (χ1) is 9.25. The number of aromatic nitrogens is 2. The highest BCUT2D eigenvalue weighted by molar-refractivity contribution is 6.33. The van der Waals surface area contributed by atoms with Gasteiger partial charge >= 0.3 is 0 Å². The van der Waals surface area contributed by atoms with Crippen LogP contribution < -0.4 is 9.47 Å². The Morgan fingerprint density at radius 1 is 1.00 bits per heavy atom. The van der Waals surface area contributed by atoms with Crippen LogP contribution in [0.5, 0.6) is 11.5 Å². The second-order valence-corrected chi connectivity index (χ2v) is 4.80. The molecule has 4 nitrogen and oxygen atoms in total. The summed E-state index contributed by atoms with van der Waals surface area (Å²) < 4.78 is 11.2. The number of hydrogen-bond donors (Lipinski definition) is 0. The fraction of sp³-hybridized carbons (Fsp3) is 0.231. The van der Waals surface area contributed by atoms with Gasteiger partial charge in [-0.15, -0.1) is 0 Å². The van der Waals surface area contributed by atoms with Crippen LogP contribution in [0.3, 0.4) is 0 Å². The minimum absolute atomic E-state index is 0.327. The fourth-order valence-corrected chi connectivity index (χ4v) is 2.36. The molecule has 0 unspecified atom stereocenters. The molecule has 98 valence electrons. The molecule has 0 aliphatic carbocycles. The van der Waals surface area contributed by atoms with Gasteiger partial charge in [0.1, 0.15) is 5.69 Å². The first kappa shape index (κ1) is 12.5. The minimum Gasteiger partial charge on any atom is -0.489 e. The number of benzene rings is 1. The molecule has 1 aliphatic heterocycles. The van der Waals surface area contributed by atoms with E-state index in [0.717, 1.165) is 12.0 Å². The van der Waals surface area contributed by atoms with Gasteiger partial charge in [-0.2, -0.15) is 0 Å². The standard InChI is InChI=1S/C13H10Cl2N2O2/c14-9-6-8(11-13(15)17-3-2-16-11)7-10-12(9)19-5-1-4-18-10/h2-3,6-7H,1,4-5H2. The molecule has 0 saturated heterocycles. The lowest BCUT2D eigenvalue weighted by atomic mass is 10.1. The van der Waals surface area contributed by atoms with Gasteiger partial charge in [-0.05, 0) is 12.1 Å². The van der Waals surface area contributed by atoms with E-state index in [9.17, 15) is 0 Å². The number of nitrogens with zero attached hydrogens (tertiary/aromatic N) is 2. The number of rotatable bonds is 1. The average Bonchev–Trinajstić information content (AvgIpc) is 2.65. The maximum absolute atomic E-state index is 6.23. The fourth-order valence-electron chi connectivity index (χ4n) is 1.88. The summed E-state index contributed by atoms with van der Waals surface area (Å²) in [5.41, 5.74) is 1.33. The topological polar surface area (TPSA) is 44.2 Å². The van der Waals surface area contributed by atoms with Gasteiger partial charge in [-0.25, -0.2) is 4.98 Å². The van der Waals surface area contributed by atoms with Crippen LogP contribution >= 0.6 is 23.2 Å². The first-order valence-electron chi connectivity index (χ1n) is 5.82. The van der Waals surface area contributed by atoms with Crippen LogP contribution in [-0.2, 0) is 0 Å². The van der Waals surface area contributed by atoms with Crippen molar-refractivity contribution in [2.24, 2.45) is 0 Å². The molecule has 1 aromatic heterocycles. The van der Waals surface area contributed by atoms with Crippen LogP contribution in [-0.4, -0.2) is 23.2 Å². The third-order valence-corrected chi connectivity index (χ3v) is 3.29. The highest BCUT2D eigenvalue weighted by Gasteiger charge is 2.17. The summed E-state index contributed by atoms with van der Waals surface area (Å²) >= 11 is 12.3. The van der Waals surface area contributed by atoms with Crippen LogP contribution in [0, 0.1) is 0 Å². The monoisotopic (exact) mass is 296 g/mol. The molecule has 6 heteroatoms. The Morgan fingerprint density at radius 3 is 2.63 bits per heavy atom. The van der Waals surface area contributed by atoms with Crippen molar-refractivity contribution in [3.05, 3.63) is 34.7 Å². The Kier molecular flexibility index (Phi) is 3.44. The summed E-state index contributed by atoms with van der Waals surface area (Å²) in [5, 5.41) is 0.809. The zero-order valence-electron chi connectivity index (χ0n) is 9.90. The summed E-state index contributed by atoms with van der Waals surface area (Å²) in [7, 11) is 0. The van der Waals surface area contributed by atoms with E-state index in [4.69, 9.17) is 32.7 Å². The van der Waals surface area contributed by atoms with E-state index in [1.165, 1.54) is 6.20 Å². The van der Waals surface area contributed by atoms with Crippen LogP contribution in [0.4, 0.5) is 0 Å². The predicted octanol–water partition coefficient (Wildman–Crippen LogP) is 3.61. The first-order valence-corrected chi connectivity index (χ1v) is 6.57. The molecule has 0 saturated carbocycles. The van der Waals surface area contributed by atoms with Gasteiger partial charge in [-0.3, -0.25) is 4.98 Å². The molecule has 3 rings (SSSR count). The lowest BCUT2D eigenvalue weighted by Gasteiger charge is -2.11. The molecule has 1 aliphatic rings. The van der Waals surface area contributed by atoms with E-state index < -0.39 is 0 Å². The van der Waals surface area contributed by atoms with Crippen LogP contribution in [0.25, 0.3) is 11.3 Å². The Balaban J connectivity index is 2.12. The summed E-state index contributed by atoms with van der Waals surface area (Å²) in [6, 6.07) is 3.58. The highest BCUT2D eigenvalue weighted by Crippen LogP contribution is 2.41. The van der Waals surface area contributed by atoms with E-state index in [1.807, 2.05) is 6.07 Å². The van der Waals surface area contributed by atoms with Crippen LogP contribution in [0.15, 0.2) is 24.5 Å². The Morgan fingerprint density at radius 2 is 1.79 bits per heavy atom. The Labute approximate surface area is 120 Å². The van der Waals surface area contributed by atoms with Gasteiger partial charge in [0, 0.05) is 24.4 Å². The van der Waals surface area contributed by atoms with Gasteiger partial charge in [0.25, 0.3) is 0 Å². The van der Waals surface area contributed by atoms with Gasteiger partial charge in [-0.1, -0.05) is 23.2 Å². The van der Waals surface area contributed by atoms with Crippen molar-refractivity contribution in [1.29, 1.82) is 0 Å². The molecule has 0 fully saturated rings. The molecule has 0 amide bonds. The van der Waals surface area contributed by atoms with E-state index >= 15 is 0 Å². The summed E-state index contributed by atoms with van der Waals surface area (Å²) in [5.74, 6) is 1.18. The molecule has 0 spiro atoms. The Hall–Kier alpha value is -1.52. The average molecular weight is 297 g/mol. The maximum Gasteiger partial charge on any atom is 0.179 e. The van der Waals surface area contributed by atoms with Gasteiger partial charge in [0.05, 0.1) is 18.2 Å². The second kappa shape index (κ2) is 5.23. The van der Waals surface area contributed by atoms with Gasteiger partial charge in [0.15, 0.2) is 16.7 Å². The van der Waals surface area contributed by atoms with E-state index in [0.29, 0.717) is 40.6 Å². The summed E-state index contributed by atoms with van der Waals surface area (Å²) in [6.07, 6.45) is 3.95. The molecule has 19 heavy (non-hydrogen) atoms. The smallest absolute Gasteiger partial charge is 0.179 e. The largest absolute Gasteiger partial charge is 0.489 e. The van der Waals surface area contributed by atoms with E-state index in [2.05, 4.69) is 9.97 Å². The van der Waals surface area contributed by atoms with E-state index in [1.54, 1.807) is 12.3 Å². The molecule has 2 aromatic rings. The molecule has 0 atom stereocenters. The maximum atomic E-state index is 6.23. The zero-order chi connectivity index (χ0) is 13.2. The molecule has 0 radical (unpaired) electrons. The number of fused-ring (bicyclic) bond motifs is 1. The summed E-state index contributed by atoms with van der Waals surface area (Å²) in [6.45, 7) is 1.19. The quantitative estimate of drug-likeness (QED) is 0.806. The highest BCUT2D eigenvalue weighted by atomic mass is 35.5. The SMILES string of the molecule is Clc1cc(-c2nccnc2Cl)cc2c1OCCCO2. The second-order valence-electron chi connectivity index (χ2n) is 4.03. The molecule has 2 heterocycles. The number of halogens is 2. The normalized spacial score (nSPS) is 14.0. The van der Waals surface area contributed by atoms with E-state index in [-0.39, 0.29) is 0 Å². The van der Waals surface area contributed by atoms with Crippen LogP contribution in [0.1, 0.15) is 6.42 Å². The van der Waals surface area contributed by atoms with Crippen molar-refractivity contribution in [1.82, 2.24) is 9.97 Å². The van der Waals surface area contributed by atoms with Crippen molar-refractivity contribution in [3.63, 3.8) is 0 Å². The molecule has 1 aromatic carbocycles. The van der Waals surface area contributed by atoms with Gasteiger partial charge in [0.2, 0.25) is 0 Å². The molecule has 0 N–H and O–H groups in total. The molecule has 0 bridgehead atoms. The molecular formula is C13H10Cl2N2O2. The predicted molar refractivity (Wildman–Crippen MR) is 73.1 cm³/mol. The van der Waals surface area contributed by atoms with Crippen molar-refractivity contribution in [2.45, 2.75) is 6.42 Å². The van der Waals surface area contributed by atoms with Crippen molar-refractivity contribution in [2.75, 3.05) is 13.2 Å². The van der Waals surface area contributed by atoms with Crippen molar-refractivity contribution < 1.29 is 9.47 Å². The van der Waals surface area contributed by atoms with Crippen molar-refractivity contribution in [3.8, 4) is 22.8 Å². The van der Waals surface area contributed by atoms with Crippen LogP contribution in [0.2, 0.25) is 10.2 Å². The number of hydrogen-bond acceptors (Lipinski definition) is 4. The minimum atomic E-state index is 0.327. The van der Waals surface area contributed by atoms with Crippen molar-refractivity contribution >= 4 is 23.2 Å². The molecular weight excluding hydrogens is 287 g/mol. The lowest BCUT2D eigenvalue weighted by Crippen LogP contribution is -1.97. The summed E-state index contributed by atoms with van der Waals surface area (Å²) in [4.78, 5) is 8.22. The number of ether oxygens (including phenoxy) is 2. The Bertz CT molecular complexity index is 620. The van der Waals surface area contributed by atoms with Gasteiger partial charge < -0.3 is 9.47 Å².